The quantitative estimate of drug-likeness (QED) is 0.412. The second-order valence-corrected chi connectivity index (χ2v) is 6.59. The van der Waals surface area contributed by atoms with E-state index in [1.807, 2.05) is 6.07 Å². The van der Waals surface area contributed by atoms with Gasteiger partial charge in [0.05, 0.1) is 25.1 Å². The number of carbonyl (C=O) groups is 1. The van der Waals surface area contributed by atoms with Crippen molar-refractivity contribution >= 4 is 17.0 Å². The number of aryl methyl sites for hydroxylation is 1. The molecule has 4 rings (SSSR count). The second kappa shape index (κ2) is 8.76. The zero-order chi connectivity index (χ0) is 20.9. The predicted molar refractivity (Wildman–Crippen MR) is 106 cm³/mol. The number of benzene rings is 1. The third kappa shape index (κ3) is 4.17. The van der Waals surface area contributed by atoms with E-state index in [2.05, 4.69) is 25.5 Å². The molecular weight excluding hydrogens is 389 g/mol. The molecule has 10 heteroatoms. The summed E-state index contributed by atoms with van der Waals surface area (Å²) in [6.07, 6.45) is 2.48. The molecular formula is C20H20FN7O2. The van der Waals surface area contributed by atoms with Gasteiger partial charge >= 0.3 is 5.97 Å². The van der Waals surface area contributed by atoms with Crippen molar-refractivity contribution in [3.05, 3.63) is 54.0 Å². The van der Waals surface area contributed by atoms with Crippen molar-refractivity contribution < 1.29 is 13.9 Å². The molecule has 0 radical (unpaired) electrons. The zero-order valence-electron chi connectivity index (χ0n) is 16.4. The van der Waals surface area contributed by atoms with Gasteiger partial charge in [-0.2, -0.15) is 9.90 Å². The number of fused-ring (bicyclic) bond motifs is 1. The maximum atomic E-state index is 14.1. The molecule has 0 aliphatic heterocycles. The SMILES string of the molecule is CCOC(=O)CCCn1nnc(-c2nn(Cc3ccccc3F)c3ncccc23)n1. The zero-order valence-corrected chi connectivity index (χ0v) is 16.4. The van der Waals surface area contributed by atoms with Crippen LogP contribution in [0, 0.1) is 5.82 Å². The summed E-state index contributed by atoms with van der Waals surface area (Å²) in [5, 5.41) is 17.8. The molecule has 0 atom stereocenters. The number of nitrogens with zero attached hydrogens (tertiary/aromatic N) is 7. The van der Waals surface area contributed by atoms with Crippen LogP contribution in [-0.4, -0.2) is 47.5 Å². The minimum absolute atomic E-state index is 0.230. The van der Waals surface area contributed by atoms with Gasteiger partial charge in [-0.3, -0.25) is 4.79 Å². The lowest BCUT2D eigenvalue weighted by atomic mass is 10.2. The van der Waals surface area contributed by atoms with Crippen molar-refractivity contribution in [1.29, 1.82) is 0 Å². The summed E-state index contributed by atoms with van der Waals surface area (Å²) in [6, 6.07) is 10.2. The number of halogens is 1. The van der Waals surface area contributed by atoms with Gasteiger partial charge in [-0.15, -0.1) is 10.2 Å². The number of pyridine rings is 1. The van der Waals surface area contributed by atoms with Crippen LogP contribution in [0.5, 0.6) is 0 Å². The van der Waals surface area contributed by atoms with E-state index >= 15 is 0 Å². The average Bonchev–Trinajstić information content (AvgIpc) is 3.35. The normalized spacial score (nSPS) is 11.1. The molecule has 4 aromatic rings. The molecule has 9 nitrogen and oxygen atoms in total. The van der Waals surface area contributed by atoms with Gasteiger partial charge in [0.2, 0.25) is 5.82 Å². The topological polar surface area (TPSA) is 101 Å². The highest BCUT2D eigenvalue weighted by atomic mass is 19.1. The van der Waals surface area contributed by atoms with E-state index in [4.69, 9.17) is 4.74 Å². The number of hydrogen-bond acceptors (Lipinski definition) is 7. The number of tetrazole rings is 1. The molecule has 154 valence electrons. The molecule has 0 aliphatic carbocycles. The molecule has 0 saturated heterocycles. The molecule has 30 heavy (non-hydrogen) atoms. The van der Waals surface area contributed by atoms with Crippen LogP contribution in [0.25, 0.3) is 22.6 Å². The highest BCUT2D eigenvalue weighted by molar-refractivity contribution is 5.88. The van der Waals surface area contributed by atoms with Crippen LogP contribution in [0.15, 0.2) is 42.6 Å². The fourth-order valence-corrected chi connectivity index (χ4v) is 3.10. The molecule has 1 aromatic carbocycles. The Morgan fingerprint density at radius 3 is 2.87 bits per heavy atom. The van der Waals surface area contributed by atoms with Gasteiger partial charge in [0.15, 0.2) is 5.65 Å². The third-order valence-electron chi connectivity index (χ3n) is 4.49. The van der Waals surface area contributed by atoms with Gasteiger partial charge in [0.1, 0.15) is 11.5 Å². The summed E-state index contributed by atoms with van der Waals surface area (Å²) in [5.41, 5.74) is 1.63. The Bertz CT molecular complexity index is 1170. The largest absolute Gasteiger partial charge is 0.466 e. The first-order chi connectivity index (χ1) is 14.7. The molecule has 0 unspecified atom stereocenters. The Morgan fingerprint density at radius 1 is 1.17 bits per heavy atom. The molecule has 0 bridgehead atoms. The monoisotopic (exact) mass is 409 g/mol. The number of aromatic nitrogens is 7. The van der Waals surface area contributed by atoms with Crippen LogP contribution in [-0.2, 0) is 22.6 Å². The maximum absolute atomic E-state index is 14.1. The lowest BCUT2D eigenvalue weighted by Gasteiger charge is -2.04. The van der Waals surface area contributed by atoms with E-state index in [0.29, 0.717) is 42.3 Å². The van der Waals surface area contributed by atoms with Gasteiger partial charge in [0.25, 0.3) is 0 Å². The van der Waals surface area contributed by atoms with Gasteiger partial charge in [-0.25, -0.2) is 14.1 Å². The summed E-state index contributed by atoms with van der Waals surface area (Å²) in [4.78, 5) is 17.3. The van der Waals surface area contributed by atoms with E-state index in [0.717, 1.165) is 5.39 Å². The first kappa shape index (κ1) is 19.6. The first-order valence-corrected chi connectivity index (χ1v) is 9.64. The number of rotatable bonds is 8. The number of hydrogen-bond donors (Lipinski definition) is 0. The number of ether oxygens (including phenoxy) is 1. The summed E-state index contributed by atoms with van der Waals surface area (Å²) in [6.45, 7) is 2.79. The molecule has 0 amide bonds. The highest BCUT2D eigenvalue weighted by Crippen LogP contribution is 2.24. The Labute approximate surface area is 171 Å². The summed E-state index contributed by atoms with van der Waals surface area (Å²) in [7, 11) is 0. The van der Waals surface area contributed by atoms with Gasteiger partial charge in [-0.1, -0.05) is 18.2 Å². The third-order valence-corrected chi connectivity index (χ3v) is 4.49. The van der Waals surface area contributed by atoms with Crippen molar-refractivity contribution in [1.82, 2.24) is 35.0 Å². The van der Waals surface area contributed by atoms with Crippen LogP contribution in [0.2, 0.25) is 0 Å². The van der Waals surface area contributed by atoms with Crippen molar-refractivity contribution in [2.24, 2.45) is 0 Å². The standard InChI is InChI=1S/C20H20FN7O2/c1-2-30-17(29)10-6-12-28-25-19(23-26-28)18-15-8-5-11-22-20(15)27(24-18)13-14-7-3-4-9-16(14)21/h3-5,7-9,11H,2,6,10,12-13H2,1H3. The predicted octanol–water partition coefficient (Wildman–Crippen LogP) is 2.62. The van der Waals surface area contributed by atoms with Crippen molar-refractivity contribution in [2.75, 3.05) is 6.61 Å². The highest BCUT2D eigenvalue weighted by Gasteiger charge is 2.18. The summed E-state index contributed by atoms with van der Waals surface area (Å²) in [5.74, 6) is -0.206. The van der Waals surface area contributed by atoms with Crippen LogP contribution in [0.4, 0.5) is 4.39 Å². The smallest absolute Gasteiger partial charge is 0.305 e. The Morgan fingerprint density at radius 2 is 2.03 bits per heavy atom. The maximum Gasteiger partial charge on any atom is 0.305 e. The minimum Gasteiger partial charge on any atom is -0.466 e. The van der Waals surface area contributed by atoms with Crippen LogP contribution in [0.3, 0.4) is 0 Å². The molecule has 0 spiro atoms. The van der Waals surface area contributed by atoms with Gasteiger partial charge in [-0.05, 0) is 36.8 Å². The van der Waals surface area contributed by atoms with Gasteiger partial charge < -0.3 is 4.74 Å². The minimum atomic E-state index is -0.302. The molecule has 0 saturated carbocycles. The second-order valence-electron chi connectivity index (χ2n) is 6.59. The van der Waals surface area contributed by atoms with E-state index in [-0.39, 0.29) is 24.8 Å². The van der Waals surface area contributed by atoms with E-state index in [1.165, 1.54) is 10.9 Å². The molecule has 0 N–H and O–H groups in total. The molecule has 3 heterocycles. The number of carbonyl (C=O) groups excluding carboxylic acids is 1. The Balaban J connectivity index is 1.57. The molecule has 3 aromatic heterocycles. The first-order valence-electron chi connectivity index (χ1n) is 9.64. The van der Waals surface area contributed by atoms with Gasteiger partial charge in [0, 0.05) is 18.2 Å². The van der Waals surface area contributed by atoms with E-state index in [9.17, 15) is 9.18 Å². The average molecular weight is 409 g/mol. The Kier molecular flexibility index (Phi) is 5.73. The summed E-state index contributed by atoms with van der Waals surface area (Å²) >= 11 is 0. The summed E-state index contributed by atoms with van der Waals surface area (Å²) < 4.78 is 20.6. The van der Waals surface area contributed by atoms with Crippen LogP contribution >= 0.6 is 0 Å². The van der Waals surface area contributed by atoms with Crippen LogP contribution in [0.1, 0.15) is 25.3 Å². The molecule has 0 fully saturated rings. The Hall–Kier alpha value is -3.69. The fraction of sp³-hybridized carbons (Fsp3) is 0.300. The van der Waals surface area contributed by atoms with Crippen molar-refractivity contribution in [3.63, 3.8) is 0 Å². The lowest BCUT2D eigenvalue weighted by molar-refractivity contribution is -0.143. The fourth-order valence-electron chi connectivity index (χ4n) is 3.10. The van der Waals surface area contributed by atoms with E-state index < -0.39 is 0 Å². The molecule has 0 aliphatic rings. The van der Waals surface area contributed by atoms with E-state index in [1.54, 1.807) is 42.1 Å². The van der Waals surface area contributed by atoms with Crippen molar-refractivity contribution in [2.45, 2.75) is 32.9 Å². The van der Waals surface area contributed by atoms with Crippen molar-refractivity contribution in [3.8, 4) is 11.5 Å². The van der Waals surface area contributed by atoms with Crippen LogP contribution < -0.4 is 0 Å². The lowest BCUT2D eigenvalue weighted by Crippen LogP contribution is -2.08. The number of esters is 1.